The number of aromatic amines is 3. The van der Waals surface area contributed by atoms with Crippen molar-refractivity contribution < 1.29 is 86.6 Å². The van der Waals surface area contributed by atoms with Crippen LogP contribution in [0, 0.1) is 11.3 Å². The maximum atomic E-state index is 15.7. The number of H-pyrrole nitrogens is 3. The van der Waals surface area contributed by atoms with E-state index in [1.165, 1.54) is 47.6 Å². The van der Waals surface area contributed by atoms with Crippen molar-refractivity contribution in [2.45, 2.75) is 229 Å². The molecule has 0 saturated carbocycles. The fraction of sp³-hybridized carbons (Fsp3) is 0.517. The quantitative estimate of drug-likeness (QED) is 0.0157. The maximum absolute atomic E-state index is 15.7. The normalized spacial score (nSPS) is 23.5. The predicted octanol–water partition coefficient (Wildman–Crippen LogP) is -2.09. The highest BCUT2D eigenvalue weighted by Crippen LogP contribution is 2.26. The molecule has 2 fully saturated rings. The number of guanidine groups is 1. The van der Waals surface area contributed by atoms with Crippen LogP contribution >= 0.6 is 0 Å². The number of rotatable bonds is 26. The minimum absolute atomic E-state index is 0.000681. The van der Waals surface area contributed by atoms with Crippen LogP contribution in [-0.2, 0) is 107 Å². The molecule has 6 aromatic rings. The molecule has 710 valence electrons. The summed E-state index contributed by atoms with van der Waals surface area (Å²) in [7, 11) is 5.22. The first-order valence-corrected chi connectivity index (χ1v) is 44.1. The van der Waals surface area contributed by atoms with Crippen LogP contribution in [-0.4, -0.2) is 295 Å². The largest absolute Gasteiger partial charge is 0.394 e. The molecule has 0 aliphatic carbocycles. The number of primary amides is 2. The molecule has 5 heterocycles. The third kappa shape index (κ3) is 29.6. The standard InChI is InChI=1S/C89H126N24O18/c1-10-12-30-69-82(125)103-60(29-21-35-95-89(92)93)78(121)102-61(77(120)98-46-73(91)116)33-34-74(117)101-65(38-52-23-15-14-16-24-52)85(128)110(7)51(5)76(119)105-67(42-72(90)115)87(130)113-36-22-32-70(113)83(126)104-63(41-55-45-94-49-99-55)80(123)106-64(37-50(3)4)84(127)109(6)47-75(118)100-62(39-53-43-96-58-27-19-17-25-56(53)58)79(122)108-68(48-114)81(124)107-66(40-54-44-97-59-28-20-18-26-57(54)59)86(129)112(9)71(31-13-11-2)88(131)111(69)8/h14-20,23-28,43-45,49-51,60-71,96-97,114H,10-13,21-22,29-42,46-48H2,1-9H3,(H2,90,115)(H2,91,116)(H,94,99)(H,98,120)(H,100,118)(H,101,117)(H,102,121)(H,103,125)(H,104,126)(H,105,119)(H,106,123)(H,107,124)(H,108,122)(H4,92,93,95). The monoisotopic (exact) mass is 1820 g/mol. The first-order valence-electron chi connectivity index (χ1n) is 44.1. The van der Waals surface area contributed by atoms with Crippen LogP contribution in [0.4, 0.5) is 0 Å². The van der Waals surface area contributed by atoms with E-state index in [2.05, 4.69) is 78.4 Å². The van der Waals surface area contributed by atoms with Crippen LogP contribution in [0.3, 0.4) is 0 Å². The van der Waals surface area contributed by atoms with E-state index < -0.39 is 224 Å². The van der Waals surface area contributed by atoms with E-state index in [4.69, 9.17) is 22.6 Å². The Labute approximate surface area is 758 Å². The number of nitrogens with zero attached hydrogens (tertiary/aromatic N) is 6. The van der Waals surface area contributed by atoms with Crippen molar-refractivity contribution in [1.29, 1.82) is 5.41 Å². The van der Waals surface area contributed by atoms with Crippen LogP contribution in [0.5, 0.6) is 0 Å². The van der Waals surface area contributed by atoms with Gasteiger partial charge in [-0.2, -0.15) is 0 Å². The highest BCUT2D eigenvalue weighted by atomic mass is 16.3. The van der Waals surface area contributed by atoms with E-state index in [1.807, 2.05) is 13.8 Å². The number of benzene rings is 3. The SMILES string of the molecule is CCCCC1C(=O)N(C)C(CCCC)C(=O)NC(CCCNC(=N)N)C(=O)NC(C(=O)NCC(N)=O)CCC(=O)NC(Cc2ccccc2)C(=O)N(C)C(C)C(=O)NC(CC(N)=O)C(=O)N2CCCC2C(=O)NC(Cc2cnc[nH]2)C(=O)NC(CC(C)C)C(=O)N(C)CC(=O)NC(Cc2c[nH]c3ccccc23)C(=O)NC(CO)C(=O)NC(Cc2c[nH]c3ccccc23)C(=O)N1C. The molecule has 0 bridgehead atoms. The number of fused-ring (bicyclic) bond motifs is 3. The molecule has 2 aliphatic heterocycles. The Balaban J connectivity index is 1.19. The molecule has 42 nitrogen and oxygen atoms in total. The molecule has 22 N–H and O–H groups in total. The molecule has 42 heteroatoms. The zero-order valence-electron chi connectivity index (χ0n) is 75.5. The Morgan fingerprint density at radius 1 is 0.519 bits per heavy atom. The van der Waals surface area contributed by atoms with E-state index in [0.29, 0.717) is 69.9 Å². The van der Waals surface area contributed by atoms with Gasteiger partial charge in [0.1, 0.15) is 78.5 Å². The lowest BCUT2D eigenvalue weighted by Crippen LogP contribution is -2.61. The molecule has 3 aromatic carbocycles. The summed E-state index contributed by atoms with van der Waals surface area (Å²) in [6, 6.07) is 2.51. The molecule has 2 saturated heterocycles. The summed E-state index contributed by atoms with van der Waals surface area (Å²) in [6.45, 7) is 5.83. The number of para-hydroxylation sites is 2. The lowest BCUT2D eigenvalue weighted by molar-refractivity contribution is -0.149. The molecule has 2 aliphatic rings. The van der Waals surface area contributed by atoms with Gasteiger partial charge in [0.05, 0.1) is 32.4 Å². The van der Waals surface area contributed by atoms with Crippen molar-refractivity contribution in [3.8, 4) is 0 Å². The molecule has 13 atom stereocenters. The van der Waals surface area contributed by atoms with Gasteiger partial charge in [-0.15, -0.1) is 0 Å². The number of aromatic nitrogens is 4. The van der Waals surface area contributed by atoms with Gasteiger partial charge in [0.25, 0.3) is 0 Å². The minimum atomic E-state index is -1.85. The predicted molar refractivity (Wildman–Crippen MR) is 482 cm³/mol. The highest BCUT2D eigenvalue weighted by Gasteiger charge is 2.44. The number of imidazole rings is 1. The lowest BCUT2D eigenvalue weighted by Gasteiger charge is -2.36. The summed E-state index contributed by atoms with van der Waals surface area (Å²) in [6.07, 6.45) is 4.63. The van der Waals surface area contributed by atoms with Crippen molar-refractivity contribution in [3.05, 3.63) is 126 Å². The van der Waals surface area contributed by atoms with E-state index in [-0.39, 0.29) is 89.6 Å². The number of nitrogens with one attached hydrogen (secondary N) is 15. The number of likely N-dealkylation sites (N-methyl/N-ethyl adjacent to an activating group) is 4. The number of carbonyl (C=O) groups excluding carboxylic acids is 17. The fourth-order valence-corrected chi connectivity index (χ4v) is 15.9. The van der Waals surface area contributed by atoms with Gasteiger partial charge >= 0.3 is 0 Å². The van der Waals surface area contributed by atoms with E-state index in [0.717, 1.165) is 24.5 Å². The Hall–Kier alpha value is -13.8. The molecule has 13 unspecified atom stereocenters. The molecular formula is C89H126N24O18. The van der Waals surface area contributed by atoms with Gasteiger partial charge in [-0.3, -0.25) is 86.9 Å². The lowest BCUT2D eigenvalue weighted by atomic mass is 10.00. The Bertz CT molecular complexity index is 5020. The summed E-state index contributed by atoms with van der Waals surface area (Å²) in [4.78, 5) is 268. The van der Waals surface area contributed by atoms with Crippen molar-refractivity contribution in [1.82, 2.24) is 103 Å². The van der Waals surface area contributed by atoms with Crippen LogP contribution in [0.1, 0.15) is 147 Å². The van der Waals surface area contributed by atoms with Crippen LogP contribution in [0.25, 0.3) is 21.8 Å². The topological polar surface area (TPSA) is 621 Å². The third-order valence-corrected chi connectivity index (χ3v) is 23.3. The number of aliphatic hydroxyl groups excluding tert-OH is 1. The number of carbonyl (C=O) groups is 17. The summed E-state index contributed by atoms with van der Waals surface area (Å²) in [5.41, 5.74) is 20.0. The average molecular weight is 1820 g/mol. The molecule has 3 aromatic heterocycles. The molecular weight excluding hydrogens is 1690 g/mol. The highest BCUT2D eigenvalue weighted by molar-refractivity contribution is 6.02. The van der Waals surface area contributed by atoms with Crippen LogP contribution in [0.15, 0.2) is 104 Å². The van der Waals surface area contributed by atoms with Crippen molar-refractivity contribution in [2.75, 3.05) is 61.0 Å². The van der Waals surface area contributed by atoms with Gasteiger partial charge < -0.3 is 120 Å². The summed E-state index contributed by atoms with van der Waals surface area (Å²) in [5, 5.41) is 49.3. The number of aliphatic hydroxyl groups is 1. The van der Waals surface area contributed by atoms with E-state index >= 15 is 24.0 Å². The second-order valence-corrected chi connectivity index (χ2v) is 33.7. The second-order valence-electron chi connectivity index (χ2n) is 33.7. The summed E-state index contributed by atoms with van der Waals surface area (Å²) >= 11 is 0. The van der Waals surface area contributed by atoms with Gasteiger partial charge in [-0.25, -0.2) is 4.98 Å². The van der Waals surface area contributed by atoms with Gasteiger partial charge in [0, 0.05) is 119 Å². The van der Waals surface area contributed by atoms with Gasteiger partial charge in [0.15, 0.2) is 5.96 Å². The zero-order chi connectivity index (χ0) is 95.9. The van der Waals surface area contributed by atoms with E-state index in [9.17, 15) is 62.6 Å². The van der Waals surface area contributed by atoms with Crippen molar-refractivity contribution in [3.63, 3.8) is 0 Å². The number of hydrogen-bond donors (Lipinski definition) is 19. The number of unbranched alkanes of at least 4 members (excludes halogenated alkanes) is 2. The Kier molecular flexibility index (Phi) is 38.9. The second kappa shape index (κ2) is 49.6. The zero-order valence-corrected chi connectivity index (χ0v) is 75.5. The van der Waals surface area contributed by atoms with Gasteiger partial charge in [-0.1, -0.05) is 120 Å². The first-order chi connectivity index (χ1) is 62.4. The summed E-state index contributed by atoms with van der Waals surface area (Å²) in [5.74, 6) is -16.6. The molecule has 8 rings (SSSR count). The Morgan fingerprint density at radius 2 is 1.05 bits per heavy atom. The van der Waals surface area contributed by atoms with Crippen molar-refractivity contribution in [2.24, 2.45) is 23.1 Å². The van der Waals surface area contributed by atoms with Gasteiger partial charge in [0.2, 0.25) is 100 Å². The third-order valence-electron chi connectivity index (χ3n) is 23.3. The number of amides is 17. The maximum Gasteiger partial charge on any atom is 0.246 e. The number of nitrogens with two attached hydrogens (primary N) is 3. The van der Waals surface area contributed by atoms with E-state index in [1.54, 1.807) is 105 Å². The van der Waals surface area contributed by atoms with Crippen molar-refractivity contribution >= 4 is 128 Å². The fourth-order valence-electron chi connectivity index (χ4n) is 15.9. The Morgan fingerprint density at radius 3 is 1.65 bits per heavy atom. The molecule has 0 radical (unpaired) electrons. The molecule has 131 heavy (non-hydrogen) atoms. The smallest absolute Gasteiger partial charge is 0.246 e. The average Bonchev–Trinajstić information content (AvgIpc) is 1.26. The van der Waals surface area contributed by atoms with Crippen LogP contribution < -0.4 is 75.7 Å². The minimum Gasteiger partial charge on any atom is -0.394 e. The summed E-state index contributed by atoms with van der Waals surface area (Å²) < 4.78 is 0. The number of hydrogen-bond acceptors (Lipinski definition) is 20. The van der Waals surface area contributed by atoms with Gasteiger partial charge in [-0.05, 0) is 93.0 Å². The molecule has 0 spiro atoms. The first kappa shape index (κ1) is 103. The molecule has 17 amide bonds. The van der Waals surface area contributed by atoms with Crippen LogP contribution in [0.2, 0.25) is 0 Å².